The van der Waals surface area contributed by atoms with Crippen LogP contribution in [-0.2, 0) is 0 Å². The van der Waals surface area contributed by atoms with Crippen molar-refractivity contribution in [1.82, 2.24) is 0 Å². The van der Waals surface area contributed by atoms with Gasteiger partial charge < -0.3 is 5.11 Å². The average Bonchev–Trinajstić information content (AvgIpc) is 2.42. The first-order valence-corrected chi connectivity index (χ1v) is 7.56. The first-order chi connectivity index (χ1) is 7.83. The highest BCUT2D eigenvalue weighted by atomic mass is 16.3. The first kappa shape index (κ1) is 15.0. The number of aliphatic hydroxyl groups is 1. The molecule has 0 aliphatic heterocycles. The quantitative estimate of drug-likeness (QED) is 0.704. The number of rotatable bonds is 3. The topological polar surface area (TPSA) is 20.2 Å². The Morgan fingerprint density at radius 1 is 1.12 bits per heavy atom. The van der Waals surface area contributed by atoms with Gasteiger partial charge in [-0.05, 0) is 42.9 Å². The van der Waals surface area contributed by atoms with E-state index in [1.165, 1.54) is 19.3 Å². The minimum absolute atomic E-state index is 0.372. The summed E-state index contributed by atoms with van der Waals surface area (Å²) in [4.78, 5) is 0. The van der Waals surface area contributed by atoms with Gasteiger partial charge in [-0.3, -0.25) is 0 Å². The predicted molar refractivity (Wildman–Crippen MR) is 75.1 cm³/mol. The molecule has 1 aliphatic rings. The van der Waals surface area contributed by atoms with Gasteiger partial charge in [0.2, 0.25) is 0 Å². The molecule has 0 aromatic heterocycles. The van der Waals surface area contributed by atoms with E-state index in [1.54, 1.807) is 0 Å². The molecule has 17 heavy (non-hydrogen) atoms. The summed E-state index contributed by atoms with van der Waals surface area (Å²) in [5.74, 6) is 1.28. The van der Waals surface area contributed by atoms with Crippen molar-refractivity contribution in [3.63, 3.8) is 0 Å². The van der Waals surface area contributed by atoms with E-state index >= 15 is 0 Å². The molecule has 102 valence electrons. The molecule has 0 radical (unpaired) electrons. The van der Waals surface area contributed by atoms with Crippen molar-refractivity contribution in [2.24, 2.45) is 17.3 Å². The second-order valence-electron chi connectivity index (χ2n) is 7.11. The third kappa shape index (κ3) is 3.71. The van der Waals surface area contributed by atoms with Crippen LogP contribution in [0, 0.1) is 17.3 Å². The SMILES string of the molecule is CCC(CC)C1(O)CCCC(C(C)(C)C)CC1. The Morgan fingerprint density at radius 3 is 2.18 bits per heavy atom. The minimum atomic E-state index is -0.372. The highest BCUT2D eigenvalue weighted by Crippen LogP contribution is 2.43. The molecule has 1 fully saturated rings. The van der Waals surface area contributed by atoms with Gasteiger partial charge in [0.25, 0.3) is 0 Å². The van der Waals surface area contributed by atoms with Crippen molar-refractivity contribution in [3.8, 4) is 0 Å². The first-order valence-electron chi connectivity index (χ1n) is 7.56. The molecular weight excluding hydrogens is 208 g/mol. The highest BCUT2D eigenvalue weighted by Gasteiger charge is 2.38. The monoisotopic (exact) mass is 240 g/mol. The third-order valence-electron chi connectivity index (χ3n) is 5.06. The fourth-order valence-electron chi connectivity index (χ4n) is 3.67. The highest BCUT2D eigenvalue weighted by molar-refractivity contribution is 4.90. The maximum Gasteiger partial charge on any atom is 0.0675 e. The van der Waals surface area contributed by atoms with Crippen LogP contribution in [0.15, 0.2) is 0 Å². The van der Waals surface area contributed by atoms with Crippen LogP contribution >= 0.6 is 0 Å². The van der Waals surface area contributed by atoms with Gasteiger partial charge in [0.15, 0.2) is 0 Å². The van der Waals surface area contributed by atoms with Gasteiger partial charge in [-0.25, -0.2) is 0 Å². The van der Waals surface area contributed by atoms with Crippen LogP contribution in [0.3, 0.4) is 0 Å². The van der Waals surface area contributed by atoms with E-state index in [2.05, 4.69) is 34.6 Å². The summed E-state index contributed by atoms with van der Waals surface area (Å²) in [5, 5.41) is 10.9. The van der Waals surface area contributed by atoms with Crippen molar-refractivity contribution in [1.29, 1.82) is 0 Å². The normalized spacial score (nSPS) is 31.6. The summed E-state index contributed by atoms with van der Waals surface area (Å²) < 4.78 is 0. The van der Waals surface area contributed by atoms with Crippen LogP contribution in [0.4, 0.5) is 0 Å². The molecule has 0 saturated heterocycles. The second-order valence-corrected chi connectivity index (χ2v) is 7.11. The van der Waals surface area contributed by atoms with Crippen molar-refractivity contribution in [2.75, 3.05) is 0 Å². The summed E-state index contributed by atoms with van der Waals surface area (Å²) >= 11 is 0. The van der Waals surface area contributed by atoms with E-state index in [-0.39, 0.29) is 5.60 Å². The molecule has 0 bridgehead atoms. The fraction of sp³-hybridized carbons (Fsp3) is 1.00. The van der Waals surface area contributed by atoms with E-state index in [9.17, 15) is 5.11 Å². The Bertz CT molecular complexity index is 224. The zero-order valence-corrected chi connectivity index (χ0v) is 12.6. The standard InChI is InChI=1S/C16H32O/c1-6-13(7-2)16(17)11-8-9-14(10-12-16)15(3,4)5/h13-14,17H,6-12H2,1-5H3. The molecular formula is C16H32O. The molecule has 1 N–H and O–H groups in total. The number of hydrogen-bond donors (Lipinski definition) is 1. The molecule has 2 atom stereocenters. The molecule has 0 aromatic rings. The van der Waals surface area contributed by atoms with Crippen LogP contribution in [0.2, 0.25) is 0 Å². The van der Waals surface area contributed by atoms with Crippen molar-refractivity contribution in [2.45, 2.75) is 85.2 Å². The zero-order valence-electron chi connectivity index (χ0n) is 12.6. The van der Waals surface area contributed by atoms with E-state index in [4.69, 9.17) is 0 Å². The maximum absolute atomic E-state index is 10.9. The van der Waals surface area contributed by atoms with E-state index < -0.39 is 0 Å². The molecule has 1 heteroatoms. The third-order valence-corrected chi connectivity index (χ3v) is 5.06. The van der Waals surface area contributed by atoms with Crippen LogP contribution in [0.5, 0.6) is 0 Å². The fourth-order valence-corrected chi connectivity index (χ4v) is 3.67. The summed E-state index contributed by atoms with van der Waals surface area (Å²) in [5.41, 5.74) is 0.0304. The Kier molecular flexibility index (Phi) is 5.07. The van der Waals surface area contributed by atoms with Crippen LogP contribution < -0.4 is 0 Å². The molecule has 1 aliphatic carbocycles. The molecule has 0 heterocycles. The Labute approximate surface area is 108 Å². The lowest BCUT2D eigenvalue weighted by atomic mass is 9.74. The van der Waals surface area contributed by atoms with E-state index in [1.807, 2.05) is 0 Å². The summed E-state index contributed by atoms with van der Waals surface area (Å²) in [6.45, 7) is 11.5. The molecule has 2 unspecified atom stereocenters. The van der Waals surface area contributed by atoms with E-state index in [0.717, 1.165) is 31.6 Å². The minimum Gasteiger partial charge on any atom is -0.390 e. The Morgan fingerprint density at radius 2 is 1.71 bits per heavy atom. The summed E-state index contributed by atoms with van der Waals surface area (Å²) in [7, 11) is 0. The molecule has 0 amide bonds. The lowest BCUT2D eigenvalue weighted by Gasteiger charge is -2.35. The average molecular weight is 240 g/mol. The van der Waals surface area contributed by atoms with Gasteiger partial charge in [0, 0.05) is 0 Å². The second kappa shape index (κ2) is 5.73. The molecule has 0 spiro atoms. The molecule has 0 aromatic carbocycles. The van der Waals surface area contributed by atoms with Crippen LogP contribution in [0.25, 0.3) is 0 Å². The van der Waals surface area contributed by atoms with Gasteiger partial charge in [-0.1, -0.05) is 53.9 Å². The lowest BCUT2D eigenvalue weighted by Crippen LogP contribution is -2.37. The van der Waals surface area contributed by atoms with Gasteiger partial charge in [-0.15, -0.1) is 0 Å². The molecule has 1 rings (SSSR count). The van der Waals surface area contributed by atoms with Gasteiger partial charge in [0.1, 0.15) is 0 Å². The van der Waals surface area contributed by atoms with Gasteiger partial charge in [-0.2, -0.15) is 0 Å². The number of hydrogen-bond acceptors (Lipinski definition) is 1. The van der Waals surface area contributed by atoms with Crippen molar-refractivity contribution in [3.05, 3.63) is 0 Å². The maximum atomic E-state index is 10.9. The predicted octanol–water partition coefficient (Wildman–Crippen LogP) is 4.78. The largest absolute Gasteiger partial charge is 0.390 e. The van der Waals surface area contributed by atoms with Crippen LogP contribution in [-0.4, -0.2) is 10.7 Å². The van der Waals surface area contributed by atoms with Crippen LogP contribution in [0.1, 0.15) is 79.6 Å². The molecule has 1 nitrogen and oxygen atoms in total. The summed E-state index contributed by atoms with van der Waals surface area (Å²) in [6.07, 6.45) is 7.98. The van der Waals surface area contributed by atoms with E-state index in [0.29, 0.717) is 11.3 Å². The molecule has 1 saturated carbocycles. The van der Waals surface area contributed by atoms with Gasteiger partial charge >= 0.3 is 0 Å². The Hall–Kier alpha value is -0.0400. The Balaban J connectivity index is 2.69. The van der Waals surface area contributed by atoms with Crippen molar-refractivity contribution < 1.29 is 5.11 Å². The zero-order chi connectivity index (χ0) is 13.1. The summed E-state index contributed by atoms with van der Waals surface area (Å²) in [6, 6.07) is 0. The van der Waals surface area contributed by atoms with Crippen molar-refractivity contribution >= 4 is 0 Å². The van der Waals surface area contributed by atoms with Gasteiger partial charge in [0.05, 0.1) is 5.60 Å². The smallest absolute Gasteiger partial charge is 0.0675 e. The lowest BCUT2D eigenvalue weighted by molar-refractivity contribution is -0.0368.